The van der Waals surface area contributed by atoms with Crippen LogP contribution < -0.4 is 4.74 Å². The van der Waals surface area contributed by atoms with E-state index in [0.29, 0.717) is 0 Å². The minimum absolute atomic E-state index is 0.285. The van der Waals surface area contributed by atoms with Crippen molar-refractivity contribution < 1.29 is 4.74 Å². The van der Waals surface area contributed by atoms with Gasteiger partial charge in [0.1, 0.15) is 17.5 Å². The number of hydrogen-bond donors (Lipinski definition) is 0. The number of ether oxygens (including phenoxy) is 1. The third-order valence-corrected chi connectivity index (χ3v) is 5.52. The van der Waals surface area contributed by atoms with E-state index in [-0.39, 0.29) is 6.10 Å². The molecule has 1 aliphatic heterocycles. The van der Waals surface area contributed by atoms with Crippen LogP contribution in [0.2, 0.25) is 0 Å². The van der Waals surface area contributed by atoms with Gasteiger partial charge in [-0.05, 0) is 43.2 Å². The average Bonchev–Trinajstić information content (AvgIpc) is 3.27. The first kappa shape index (κ1) is 16.4. The molecule has 0 atom stereocenters. The van der Waals surface area contributed by atoms with Crippen molar-refractivity contribution in [3.8, 4) is 5.75 Å². The van der Waals surface area contributed by atoms with Crippen LogP contribution >= 0.6 is 0 Å². The highest BCUT2D eigenvalue weighted by Crippen LogP contribution is 2.28. The second kappa shape index (κ2) is 6.74. The van der Waals surface area contributed by atoms with E-state index < -0.39 is 0 Å². The van der Waals surface area contributed by atoms with Gasteiger partial charge in [-0.25, -0.2) is 4.98 Å². The van der Waals surface area contributed by atoms with Crippen molar-refractivity contribution in [1.29, 1.82) is 0 Å². The smallest absolute Gasteiger partial charge is 0.137 e. The van der Waals surface area contributed by atoms with Crippen LogP contribution in [0.25, 0.3) is 16.6 Å². The summed E-state index contributed by atoms with van der Waals surface area (Å²) in [7, 11) is 2.07. The lowest BCUT2D eigenvalue weighted by molar-refractivity contribution is 0.0974. The SMILES string of the molecule is Cn1ccc2c(OC3CCN(Cc4cn5ccccc5n4)CC3)cccc21. The third kappa shape index (κ3) is 3.19. The number of likely N-dealkylation sites (tertiary alicyclic amines) is 1. The van der Waals surface area contributed by atoms with Crippen LogP contribution in [-0.4, -0.2) is 38.0 Å². The van der Waals surface area contributed by atoms with Crippen molar-refractivity contribution in [2.75, 3.05) is 13.1 Å². The van der Waals surface area contributed by atoms with E-state index in [1.807, 2.05) is 18.2 Å². The van der Waals surface area contributed by atoms with Crippen molar-refractivity contribution in [2.45, 2.75) is 25.5 Å². The molecule has 0 spiro atoms. The molecule has 0 saturated carbocycles. The van der Waals surface area contributed by atoms with Crippen molar-refractivity contribution >= 4 is 16.6 Å². The quantitative estimate of drug-likeness (QED) is 0.554. The highest BCUT2D eigenvalue weighted by Gasteiger charge is 2.22. The lowest BCUT2D eigenvalue weighted by atomic mass is 10.1. The van der Waals surface area contributed by atoms with E-state index in [1.165, 1.54) is 10.9 Å². The second-order valence-corrected chi connectivity index (χ2v) is 7.41. The van der Waals surface area contributed by atoms with E-state index in [2.05, 4.69) is 63.8 Å². The number of hydrogen-bond acceptors (Lipinski definition) is 3. The van der Waals surface area contributed by atoms with Crippen LogP contribution in [0, 0.1) is 0 Å². The van der Waals surface area contributed by atoms with Crippen LogP contribution in [0.5, 0.6) is 5.75 Å². The number of benzene rings is 1. The fraction of sp³-hybridized carbons (Fsp3) is 0.318. The maximum absolute atomic E-state index is 6.37. The van der Waals surface area contributed by atoms with E-state index in [9.17, 15) is 0 Å². The number of aromatic nitrogens is 3. The number of rotatable bonds is 4. The van der Waals surface area contributed by atoms with Crippen LogP contribution in [-0.2, 0) is 13.6 Å². The normalized spacial score (nSPS) is 16.3. The first-order chi connectivity index (χ1) is 13.3. The van der Waals surface area contributed by atoms with Crippen LogP contribution in [0.4, 0.5) is 0 Å². The summed E-state index contributed by atoms with van der Waals surface area (Å²) in [6.07, 6.45) is 8.67. The molecule has 4 heterocycles. The Morgan fingerprint density at radius 1 is 1.04 bits per heavy atom. The van der Waals surface area contributed by atoms with E-state index in [0.717, 1.165) is 49.6 Å². The number of fused-ring (bicyclic) bond motifs is 2. The highest BCUT2D eigenvalue weighted by molar-refractivity contribution is 5.86. The molecule has 1 aromatic carbocycles. The molecule has 138 valence electrons. The molecule has 5 rings (SSSR count). The van der Waals surface area contributed by atoms with Crippen molar-refractivity contribution in [3.05, 3.63) is 66.7 Å². The minimum atomic E-state index is 0.285. The van der Waals surface area contributed by atoms with Gasteiger partial charge >= 0.3 is 0 Å². The van der Waals surface area contributed by atoms with E-state index in [4.69, 9.17) is 9.72 Å². The monoisotopic (exact) mass is 360 g/mol. The summed E-state index contributed by atoms with van der Waals surface area (Å²) in [4.78, 5) is 7.19. The van der Waals surface area contributed by atoms with Crippen molar-refractivity contribution in [3.63, 3.8) is 0 Å². The number of aryl methyl sites for hydroxylation is 1. The van der Waals surface area contributed by atoms with Gasteiger partial charge in [-0.1, -0.05) is 12.1 Å². The molecule has 4 aromatic rings. The minimum Gasteiger partial charge on any atom is -0.490 e. The summed E-state index contributed by atoms with van der Waals surface area (Å²) in [6, 6.07) is 14.6. The zero-order valence-electron chi connectivity index (χ0n) is 15.6. The summed E-state index contributed by atoms with van der Waals surface area (Å²) >= 11 is 0. The predicted octanol–water partition coefficient (Wildman–Crippen LogP) is 3.87. The molecule has 5 heteroatoms. The Labute approximate surface area is 158 Å². The second-order valence-electron chi connectivity index (χ2n) is 7.41. The first-order valence-electron chi connectivity index (χ1n) is 9.62. The fourth-order valence-corrected chi connectivity index (χ4v) is 4.03. The number of piperidine rings is 1. The molecule has 0 unspecified atom stereocenters. The van der Waals surface area contributed by atoms with Crippen LogP contribution in [0.15, 0.2) is 61.1 Å². The highest BCUT2D eigenvalue weighted by atomic mass is 16.5. The Morgan fingerprint density at radius 3 is 2.78 bits per heavy atom. The Kier molecular flexibility index (Phi) is 4.09. The zero-order chi connectivity index (χ0) is 18.2. The Balaban J connectivity index is 1.22. The molecular weight excluding hydrogens is 336 g/mol. The lowest BCUT2D eigenvalue weighted by Crippen LogP contribution is -2.37. The molecule has 0 N–H and O–H groups in total. The summed E-state index contributed by atoms with van der Waals surface area (Å²) in [5.74, 6) is 1.01. The van der Waals surface area contributed by atoms with Gasteiger partial charge in [0.15, 0.2) is 0 Å². The molecule has 27 heavy (non-hydrogen) atoms. The molecule has 1 fully saturated rings. The standard InChI is InChI=1S/C22H24N4O/c1-24-12-10-19-20(24)5-4-6-21(19)27-18-8-13-25(14-9-18)15-17-16-26-11-3-2-7-22(26)23-17/h2-7,10-12,16,18H,8-9,13-15H2,1H3. The summed E-state index contributed by atoms with van der Waals surface area (Å²) < 4.78 is 10.6. The molecule has 5 nitrogen and oxygen atoms in total. The predicted molar refractivity (Wildman–Crippen MR) is 107 cm³/mol. The molecule has 0 bridgehead atoms. The summed E-state index contributed by atoms with van der Waals surface area (Å²) in [5, 5.41) is 1.20. The molecule has 3 aromatic heterocycles. The third-order valence-electron chi connectivity index (χ3n) is 5.52. The van der Waals surface area contributed by atoms with Crippen LogP contribution in [0.1, 0.15) is 18.5 Å². The summed E-state index contributed by atoms with van der Waals surface area (Å²) in [5.41, 5.74) is 3.37. The Morgan fingerprint density at radius 2 is 1.93 bits per heavy atom. The van der Waals surface area contributed by atoms with Gasteiger partial charge in [0, 0.05) is 50.7 Å². The maximum atomic E-state index is 6.37. The molecule has 0 aliphatic carbocycles. The van der Waals surface area contributed by atoms with E-state index >= 15 is 0 Å². The van der Waals surface area contributed by atoms with Gasteiger partial charge in [0.05, 0.1) is 11.2 Å². The number of imidazole rings is 1. The Bertz CT molecular complexity index is 1040. The number of pyridine rings is 1. The average molecular weight is 360 g/mol. The van der Waals surface area contributed by atoms with Gasteiger partial charge in [-0.3, -0.25) is 4.90 Å². The molecule has 1 aliphatic rings. The maximum Gasteiger partial charge on any atom is 0.137 e. The first-order valence-corrected chi connectivity index (χ1v) is 9.62. The summed E-state index contributed by atoms with van der Waals surface area (Å²) in [6.45, 7) is 3.00. The lowest BCUT2D eigenvalue weighted by Gasteiger charge is -2.31. The fourth-order valence-electron chi connectivity index (χ4n) is 4.03. The van der Waals surface area contributed by atoms with Gasteiger partial charge in [-0.15, -0.1) is 0 Å². The molecule has 1 saturated heterocycles. The van der Waals surface area contributed by atoms with Crippen molar-refractivity contribution in [2.24, 2.45) is 7.05 Å². The molecular formula is C22H24N4O. The topological polar surface area (TPSA) is 34.7 Å². The van der Waals surface area contributed by atoms with Crippen molar-refractivity contribution in [1.82, 2.24) is 18.9 Å². The molecule has 0 radical (unpaired) electrons. The van der Waals surface area contributed by atoms with Gasteiger partial charge in [0.2, 0.25) is 0 Å². The van der Waals surface area contributed by atoms with Gasteiger partial charge in [-0.2, -0.15) is 0 Å². The van der Waals surface area contributed by atoms with Gasteiger partial charge in [0.25, 0.3) is 0 Å². The largest absolute Gasteiger partial charge is 0.490 e. The molecule has 0 amide bonds. The number of nitrogens with zero attached hydrogens (tertiary/aromatic N) is 4. The Hall–Kier alpha value is -2.79. The van der Waals surface area contributed by atoms with E-state index in [1.54, 1.807) is 0 Å². The van der Waals surface area contributed by atoms with Crippen LogP contribution in [0.3, 0.4) is 0 Å². The van der Waals surface area contributed by atoms with Gasteiger partial charge < -0.3 is 13.7 Å². The zero-order valence-corrected chi connectivity index (χ0v) is 15.6.